The van der Waals surface area contributed by atoms with E-state index in [0.29, 0.717) is 6.42 Å². The van der Waals surface area contributed by atoms with E-state index >= 15 is 0 Å². The minimum atomic E-state index is -2.68. The third-order valence-corrected chi connectivity index (χ3v) is 6.10. The van der Waals surface area contributed by atoms with Crippen LogP contribution in [0.2, 0.25) is 0 Å². The molecule has 2 aliphatic rings. The number of rotatable bonds is 8. The second kappa shape index (κ2) is 8.22. The molecule has 0 amide bonds. The molecule has 0 aromatic heterocycles. The molecule has 0 radical (unpaired) electrons. The van der Waals surface area contributed by atoms with Gasteiger partial charge in [-0.25, -0.2) is 9.00 Å². The molecular formula is C17H27O8S-. The van der Waals surface area contributed by atoms with Crippen molar-refractivity contribution in [2.24, 2.45) is 17.3 Å². The maximum atomic E-state index is 12.0. The molecule has 9 heteroatoms. The van der Waals surface area contributed by atoms with Crippen molar-refractivity contribution in [3.05, 3.63) is 0 Å². The van der Waals surface area contributed by atoms with Crippen LogP contribution in [0.3, 0.4) is 0 Å². The van der Waals surface area contributed by atoms with Crippen LogP contribution in [0.15, 0.2) is 0 Å². The number of esters is 1. The van der Waals surface area contributed by atoms with Gasteiger partial charge < -0.3 is 18.8 Å². The van der Waals surface area contributed by atoms with Crippen LogP contribution in [0.5, 0.6) is 0 Å². The van der Waals surface area contributed by atoms with E-state index in [0.717, 1.165) is 19.3 Å². The Morgan fingerprint density at radius 1 is 1.23 bits per heavy atom. The zero-order valence-corrected chi connectivity index (χ0v) is 16.5. The smallest absolute Gasteiger partial charge is 0.509 e. The van der Waals surface area contributed by atoms with Crippen LogP contribution in [0.1, 0.15) is 53.4 Å². The third-order valence-electron chi connectivity index (χ3n) is 5.74. The lowest BCUT2D eigenvalue weighted by Crippen LogP contribution is -2.50. The van der Waals surface area contributed by atoms with Gasteiger partial charge in [-0.2, -0.15) is 0 Å². The van der Waals surface area contributed by atoms with Gasteiger partial charge in [0.1, 0.15) is 24.9 Å². The molecule has 0 N–H and O–H groups in total. The molecule has 0 saturated heterocycles. The molecule has 2 saturated carbocycles. The average Bonchev–Trinajstić information content (AvgIpc) is 3.13. The van der Waals surface area contributed by atoms with Crippen molar-refractivity contribution in [1.29, 1.82) is 0 Å². The molecule has 150 valence electrons. The molecule has 0 aromatic rings. The topological polar surface area (TPSA) is 111 Å². The lowest BCUT2D eigenvalue weighted by atomic mass is 9.83. The van der Waals surface area contributed by atoms with Gasteiger partial charge in [0.15, 0.2) is 0 Å². The summed E-state index contributed by atoms with van der Waals surface area (Å²) in [4.78, 5) is 23.8. The van der Waals surface area contributed by atoms with Crippen LogP contribution < -0.4 is 0 Å². The fourth-order valence-electron chi connectivity index (χ4n) is 3.72. The van der Waals surface area contributed by atoms with Crippen LogP contribution in [0, 0.1) is 17.3 Å². The Kier molecular flexibility index (Phi) is 6.68. The second-order valence-electron chi connectivity index (χ2n) is 7.75. The predicted molar refractivity (Wildman–Crippen MR) is 90.5 cm³/mol. The normalized spacial score (nSPS) is 31.5. The fourth-order valence-corrected chi connectivity index (χ4v) is 4.24. The Balaban J connectivity index is 1.81. The number of fused-ring (bicyclic) bond motifs is 2. The van der Waals surface area contributed by atoms with Crippen molar-refractivity contribution >= 4 is 23.5 Å². The van der Waals surface area contributed by atoms with Gasteiger partial charge in [0.25, 0.3) is 0 Å². The van der Waals surface area contributed by atoms with Crippen LogP contribution in [-0.2, 0) is 34.5 Å². The average molecular weight is 391 g/mol. The van der Waals surface area contributed by atoms with E-state index < -0.39 is 34.6 Å². The highest BCUT2D eigenvalue weighted by molar-refractivity contribution is 7.74. The molecule has 0 aromatic carbocycles. The number of hydrogen-bond donors (Lipinski definition) is 0. The van der Waals surface area contributed by atoms with E-state index in [9.17, 15) is 18.4 Å². The first-order valence-electron chi connectivity index (χ1n) is 8.89. The van der Waals surface area contributed by atoms with Gasteiger partial charge in [0, 0.05) is 5.92 Å². The molecule has 0 heterocycles. The van der Waals surface area contributed by atoms with Crippen LogP contribution >= 0.6 is 0 Å². The fraction of sp³-hybridized carbons (Fsp3) is 0.882. The SMILES string of the molecule is CCC(C)(C)C(=O)OCCOC(=O)OC1(C)C2CCC(C2)C1OS(=O)[O-]. The van der Waals surface area contributed by atoms with Gasteiger partial charge in [-0.1, -0.05) is 6.92 Å². The van der Waals surface area contributed by atoms with E-state index in [2.05, 4.69) is 0 Å². The zero-order valence-electron chi connectivity index (χ0n) is 15.6. The Morgan fingerprint density at radius 3 is 2.50 bits per heavy atom. The lowest BCUT2D eigenvalue weighted by molar-refractivity contribution is -0.156. The Bertz CT molecular complexity index is 563. The molecule has 26 heavy (non-hydrogen) atoms. The summed E-state index contributed by atoms with van der Waals surface area (Å²) in [5.74, 6) is -0.270. The second-order valence-corrected chi connectivity index (χ2v) is 8.35. The third kappa shape index (κ3) is 4.55. The monoisotopic (exact) mass is 391 g/mol. The molecule has 8 nitrogen and oxygen atoms in total. The minimum absolute atomic E-state index is 0.0387. The molecule has 2 bridgehead atoms. The van der Waals surface area contributed by atoms with E-state index in [1.165, 1.54) is 0 Å². The van der Waals surface area contributed by atoms with Gasteiger partial charge >= 0.3 is 12.1 Å². The largest absolute Gasteiger partial charge is 0.750 e. The summed E-state index contributed by atoms with van der Waals surface area (Å²) < 4.78 is 42.4. The van der Waals surface area contributed by atoms with Crippen molar-refractivity contribution in [3.8, 4) is 0 Å². The number of hydrogen-bond acceptors (Lipinski definition) is 8. The molecule has 5 atom stereocenters. The van der Waals surface area contributed by atoms with E-state index in [4.69, 9.17) is 18.4 Å². The van der Waals surface area contributed by atoms with Crippen molar-refractivity contribution in [1.82, 2.24) is 0 Å². The van der Waals surface area contributed by atoms with Gasteiger partial charge in [0.2, 0.25) is 0 Å². The van der Waals surface area contributed by atoms with Crippen LogP contribution in [0.25, 0.3) is 0 Å². The molecule has 5 unspecified atom stereocenters. The summed E-state index contributed by atoms with van der Waals surface area (Å²) in [7, 11) is 0. The highest BCUT2D eigenvalue weighted by Crippen LogP contribution is 2.54. The Morgan fingerprint density at radius 2 is 1.88 bits per heavy atom. The van der Waals surface area contributed by atoms with Crippen molar-refractivity contribution in [2.75, 3.05) is 13.2 Å². The summed E-state index contributed by atoms with van der Waals surface area (Å²) in [5.41, 5.74) is -1.63. The quantitative estimate of drug-likeness (QED) is 0.352. The summed E-state index contributed by atoms with van der Waals surface area (Å²) in [6.45, 7) is 6.93. The highest BCUT2D eigenvalue weighted by atomic mass is 32.2. The predicted octanol–water partition coefficient (Wildman–Crippen LogP) is 2.49. The molecular weight excluding hydrogens is 364 g/mol. The maximum absolute atomic E-state index is 12.0. The lowest BCUT2D eigenvalue weighted by Gasteiger charge is -2.39. The maximum Gasteiger partial charge on any atom is 0.509 e. The van der Waals surface area contributed by atoms with Crippen LogP contribution in [0.4, 0.5) is 4.79 Å². The van der Waals surface area contributed by atoms with E-state index in [1.54, 1.807) is 20.8 Å². The number of carbonyl (C=O) groups excluding carboxylic acids is 2. The van der Waals surface area contributed by atoms with Crippen molar-refractivity contribution < 1.29 is 36.7 Å². The van der Waals surface area contributed by atoms with Gasteiger partial charge in [-0.15, -0.1) is 0 Å². The van der Waals surface area contributed by atoms with Gasteiger partial charge in [-0.3, -0.25) is 8.98 Å². The van der Waals surface area contributed by atoms with E-state index in [-0.39, 0.29) is 31.0 Å². The summed E-state index contributed by atoms with van der Waals surface area (Å²) in [5, 5.41) is 0. The Hall–Kier alpha value is -1.19. The minimum Gasteiger partial charge on any atom is -0.750 e. The molecule has 0 spiro atoms. The van der Waals surface area contributed by atoms with E-state index in [1.807, 2.05) is 6.92 Å². The molecule has 0 aliphatic heterocycles. The van der Waals surface area contributed by atoms with Crippen LogP contribution in [-0.4, -0.2) is 45.8 Å². The van der Waals surface area contributed by atoms with Crippen molar-refractivity contribution in [2.45, 2.75) is 65.1 Å². The number of carbonyl (C=O) groups is 2. The highest BCUT2D eigenvalue weighted by Gasteiger charge is 2.59. The first-order chi connectivity index (χ1) is 12.1. The van der Waals surface area contributed by atoms with Crippen molar-refractivity contribution in [3.63, 3.8) is 0 Å². The standard InChI is InChI=1S/C17H28O8S/c1-5-16(2,3)14(18)22-8-9-23-15(19)24-17(4)12-7-6-11(10-12)13(17)25-26(20)21/h11-13H,5-10H2,1-4H3,(H,20,21)/p-1. The molecule has 2 rings (SSSR count). The summed E-state index contributed by atoms with van der Waals surface area (Å²) in [6.07, 6.45) is 1.48. The summed E-state index contributed by atoms with van der Waals surface area (Å²) in [6, 6.07) is 0. The zero-order chi connectivity index (χ0) is 19.5. The van der Waals surface area contributed by atoms with Gasteiger partial charge in [-0.05, 0) is 52.4 Å². The summed E-state index contributed by atoms with van der Waals surface area (Å²) >= 11 is -2.68. The first-order valence-corrected chi connectivity index (χ1v) is 9.89. The first kappa shape index (κ1) is 21.1. The number of ether oxygens (including phenoxy) is 3. The molecule has 2 aliphatic carbocycles. The molecule has 2 fully saturated rings. The van der Waals surface area contributed by atoms with Gasteiger partial charge in [0.05, 0.1) is 16.8 Å². The Labute approximate surface area is 156 Å².